The molecule has 1 aromatic heterocycles. The average Bonchev–Trinajstić information content (AvgIpc) is 2.50. The molecule has 0 aromatic carbocycles. The summed E-state index contributed by atoms with van der Waals surface area (Å²) in [4.78, 5) is 3.97. The monoisotopic (exact) mass is 292 g/mol. The van der Waals surface area contributed by atoms with E-state index in [0.29, 0.717) is 18.7 Å². The summed E-state index contributed by atoms with van der Waals surface area (Å²) in [5, 5.41) is 13.7. The zero-order valence-electron chi connectivity index (χ0n) is 13.4. The Kier molecular flexibility index (Phi) is 5.73. The van der Waals surface area contributed by atoms with Crippen molar-refractivity contribution in [3.63, 3.8) is 0 Å². The van der Waals surface area contributed by atoms with Crippen LogP contribution in [0.4, 0.5) is 0 Å². The number of pyridine rings is 1. The number of hydrogen-bond donors (Lipinski definition) is 2. The predicted molar refractivity (Wildman–Crippen MR) is 84.0 cm³/mol. The minimum Gasteiger partial charge on any atom is -0.387 e. The first-order valence-corrected chi connectivity index (χ1v) is 7.98. The Balaban J connectivity index is 1.75. The number of aliphatic hydroxyl groups excluding tert-OH is 1. The summed E-state index contributed by atoms with van der Waals surface area (Å²) in [7, 11) is 0. The maximum atomic E-state index is 10.2. The summed E-state index contributed by atoms with van der Waals surface area (Å²) in [6.07, 6.45) is 6.61. The van der Waals surface area contributed by atoms with Crippen LogP contribution in [0.3, 0.4) is 0 Å². The third kappa shape index (κ3) is 4.02. The van der Waals surface area contributed by atoms with Crippen LogP contribution in [0.1, 0.15) is 51.7 Å². The van der Waals surface area contributed by atoms with E-state index in [1.165, 1.54) is 6.42 Å². The third-order valence-electron chi connectivity index (χ3n) is 4.64. The lowest BCUT2D eigenvalue weighted by molar-refractivity contribution is -0.119. The number of nitrogens with zero attached hydrogens (tertiary/aromatic N) is 1. The molecule has 0 saturated heterocycles. The molecule has 1 aromatic rings. The molecule has 0 spiro atoms. The van der Waals surface area contributed by atoms with Crippen LogP contribution in [0.5, 0.6) is 0 Å². The number of rotatable bonds is 8. The van der Waals surface area contributed by atoms with Gasteiger partial charge in [-0.2, -0.15) is 0 Å². The van der Waals surface area contributed by atoms with Crippen molar-refractivity contribution in [2.24, 2.45) is 5.41 Å². The van der Waals surface area contributed by atoms with Gasteiger partial charge in [0.15, 0.2) is 0 Å². The maximum absolute atomic E-state index is 10.2. The molecule has 2 N–H and O–H groups in total. The number of hydrogen-bond acceptors (Lipinski definition) is 4. The van der Waals surface area contributed by atoms with E-state index < -0.39 is 6.10 Å². The van der Waals surface area contributed by atoms with E-state index in [4.69, 9.17) is 4.74 Å². The fourth-order valence-electron chi connectivity index (χ4n) is 2.84. The fraction of sp³-hybridized carbons (Fsp3) is 0.706. The smallest absolute Gasteiger partial charge is 0.0915 e. The van der Waals surface area contributed by atoms with Crippen LogP contribution in [0.2, 0.25) is 0 Å². The molecule has 3 atom stereocenters. The summed E-state index contributed by atoms with van der Waals surface area (Å²) in [6.45, 7) is 8.09. The van der Waals surface area contributed by atoms with Gasteiger partial charge in [0, 0.05) is 37.0 Å². The zero-order chi connectivity index (χ0) is 15.3. The van der Waals surface area contributed by atoms with E-state index in [9.17, 15) is 5.11 Å². The molecule has 4 nitrogen and oxygen atoms in total. The van der Waals surface area contributed by atoms with Crippen LogP contribution < -0.4 is 5.32 Å². The van der Waals surface area contributed by atoms with Crippen molar-refractivity contribution < 1.29 is 9.84 Å². The molecule has 21 heavy (non-hydrogen) atoms. The highest BCUT2D eigenvalue weighted by Crippen LogP contribution is 2.42. The number of ether oxygens (including phenoxy) is 1. The minimum atomic E-state index is -0.483. The summed E-state index contributed by atoms with van der Waals surface area (Å²) in [5.74, 6) is 0. The van der Waals surface area contributed by atoms with Crippen molar-refractivity contribution in [1.29, 1.82) is 0 Å². The van der Waals surface area contributed by atoms with E-state index in [-0.39, 0.29) is 5.41 Å². The lowest BCUT2D eigenvalue weighted by Gasteiger charge is -2.52. The van der Waals surface area contributed by atoms with Gasteiger partial charge in [-0.25, -0.2) is 0 Å². The van der Waals surface area contributed by atoms with Crippen LogP contribution in [0.25, 0.3) is 0 Å². The topological polar surface area (TPSA) is 54.4 Å². The predicted octanol–water partition coefficient (Wildman–Crippen LogP) is 2.69. The van der Waals surface area contributed by atoms with Crippen molar-refractivity contribution in [3.05, 3.63) is 30.1 Å². The summed E-state index contributed by atoms with van der Waals surface area (Å²) >= 11 is 0. The summed E-state index contributed by atoms with van der Waals surface area (Å²) in [6, 6.07) is 4.12. The van der Waals surface area contributed by atoms with E-state index in [1.807, 2.05) is 12.1 Å². The molecule has 1 aliphatic carbocycles. The molecule has 1 saturated carbocycles. The molecule has 0 bridgehead atoms. The summed E-state index contributed by atoms with van der Waals surface area (Å²) in [5.41, 5.74) is 1.04. The van der Waals surface area contributed by atoms with Crippen LogP contribution in [-0.4, -0.2) is 35.4 Å². The molecule has 1 heterocycles. The quantitative estimate of drug-likeness (QED) is 0.723. The Labute approximate surface area is 127 Å². The molecule has 0 aliphatic heterocycles. The van der Waals surface area contributed by atoms with Crippen molar-refractivity contribution in [2.45, 2.75) is 58.3 Å². The van der Waals surface area contributed by atoms with Crippen molar-refractivity contribution in [1.82, 2.24) is 10.3 Å². The number of nitrogens with one attached hydrogen (secondary N) is 1. The van der Waals surface area contributed by atoms with Gasteiger partial charge in [0.2, 0.25) is 0 Å². The Morgan fingerprint density at radius 1 is 1.43 bits per heavy atom. The number of aromatic nitrogens is 1. The van der Waals surface area contributed by atoms with Crippen molar-refractivity contribution in [3.8, 4) is 0 Å². The molecule has 118 valence electrons. The SMILES string of the molecule is CCCCOC1CC(NCC(O)c2ccncc2)C1(C)C. The van der Waals surface area contributed by atoms with Gasteiger partial charge in [-0.15, -0.1) is 0 Å². The van der Waals surface area contributed by atoms with E-state index in [2.05, 4.69) is 31.1 Å². The van der Waals surface area contributed by atoms with Crippen LogP contribution >= 0.6 is 0 Å². The van der Waals surface area contributed by atoms with E-state index in [1.54, 1.807) is 12.4 Å². The highest BCUT2D eigenvalue weighted by Gasteiger charge is 2.48. The van der Waals surface area contributed by atoms with Gasteiger partial charge in [0.1, 0.15) is 0 Å². The van der Waals surface area contributed by atoms with Crippen LogP contribution in [-0.2, 0) is 4.74 Å². The van der Waals surface area contributed by atoms with Gasteiger partial charge < -0.3 is 15.2 Å². The summed E-state index contributed by atoms with van der Waals surface area (Å²) < 4.78 is 5.94. The Morgan fingerprint density at radius 3 is 2.76 bits per heavy atom. The van der Waals surface area contributed by atoms with Gasteiger partial charge in [-0.1, -0.05) is 27.2 Å². The number of aliphatic hydroxyl groups is 1. The van der Waals surface area contributed by atoms with Gasteiger partial charge >= 0.3 is 0 Å². The Hall–Kier alpha value is -0.970. The second kappa shape index (κ2) is 7.34. The molecule has 4 heteroatoms. The average molecular weight is 292 g/mol. The Bertz CT molecular complexity index is 422. The van der Waals surface area contributed by atoms with Crippen molar-refractivity contribution >= 4 is 0 Å². The molecular formula is C17H28N2O2. The van der Waals surface area contributed by atoms with Crippen LogP contribution in [0.15, 0.2) is 24.5 Å². The standard InChI is InChI=1S/C17H28N2O2/c1-4-5-10-21-16-11-15(17(16,2)3)19-12-14(20)13-6-8-18-9-7-13/h6-9,14-16,19-20H,4-5,10-12H2,1-3H3. The third-order valence-corrected chi connectivity index (χ3v) is 4.64. The zero-order valence-corrected chi connectivity index (χ0v) is 13.4. The second-order valence-electron chi connectivity index (χ2n) is 6.53. The van der Waals surface area contributed by atoms with Gasteiger partial charge in [-0.05, 0) is 30.5 Å². The molecular weight excluding hydrogens is 264 g/mol. The van der Waals surface area contributed by atoms with Gasteiger partial charge in [0.05, 0.1) is 12.2 Å². The minimum absolute atomic E-state index is 0.131. The second-order valence-corrected chi connectivity index (χ2v) is 6.53. The Morgan fingerprint density at radius 2 is 2.14 bits per heavy atom. The largest absolute Gasteiger partial charge is 0.387 e. The maximum Gasteiger partial charge on any atom is 0.0915 e. The van der Waals surface area contributed by atoms with E-state index in [0.717, 1.165) is 25.0 Å². The molecule has 0 radical (unpaired) electrons. The van der Waals surface area contributed by atoms with Crippen LogP contribution in [0, 0.1) is 5.41 Å². The molecule has 0 amide bonds. The van der Waals surface area contributed by atoms with Gasteiger partial charge in [0.25, 0.3) is 0 Å². The first-order chi connectivity index (χ1) is 10.1. The molecule has 1 aliphatic rings. The van der Waals surface area contributed by atoms with Crippen molar-refractivity contribution in [2.75, 3.05) is 13.2 Å². The first kappa shape index (κ1) is 16.4. The first-order valence-electron chi connectivity index (χ1n) is 7.98. The normalized spacial score (nSPS) is 25.3. The lowest BCUT2D eigenvalue weighted by atomic mass is 9.64. The van der Waals surface area contributed by atoms with E-state index >= 15 is 0 Å². The fourth-order valence-corrected chi connectivity index (χ4v) is 2.84. The number of unbranched alkanes of at least 4 members (excludes halogenated alkanes) is 1. The lowest BCUT2D eigenvalue weighted by Crippen LogP contribution is -2.61. The highest BCUT2D eigenvalue weighted by atomic mass is 16.5. The molecule has 2 rings (SSSR count). The highest BCUT2D eigenvalue weighted by molar-refractivity contribution is 5.13. The van der Waals surface area contributed by atoms with Gasteiger partial charge in [-0.3, -0.25) is 4.98 Å². The molecule has 3 unspecified atom stereocenters. The molecule has 1 fully saturated rings.